The number of cyclic esters (lactones) is 1. The highest BCUT2D eigenvalue weighted by Crippen LogP contribution is 2.37. The summed E-state index contributed by atoms with van der Waals surface area (Å²) in [4.78, 5) is 14.6. The third-order valence-electron chi connectivity index (χ3n) is 7.03. The number of aryl methyl sites for hydroxylation is 1. The number of ether oxygens (including phenoxy) is 1. The standard InChI is InChI=1S/C25H32BNO4/c1-17-16-20(12-13-21(17)26-30-24(3,4)25(5,6)31-26)18(2)27-15-14-22(29-23(27)28)19-10-8-7-9-11-19/h7-13,16,18,22H,14-15H2,1-6H3/t18-,22?/m0/s1. The minimum Gasteiger partial charge on any atom is -0.441 e. The lowest BCUT2D eigenvalue weighted by molar-refractivity contribution is 0.00578. The van der Waals surface area contributed by atoms with E-state index >= 15 is 0 Å². The van der Waals surface area contributed by atoms with Crippen LogP contribution in [0.5, 0.6) is 0 Å². The lowest BCUT2D eigenvalue weighted by Gasteiger charge is -2.36. The van der Waals surface area contributed by atoms with Crippen LogP contribution in [0.3, 0.4) is 0 Å². The maximum atomic E-state index is 12.8. The van der Waals surface area contributed by atoms with Gasteiger partial charge in [0.25, 0.3) is 0 Å². The average molecular weight is 421 g/mol. The summed E-state index contributed by atoms with van der Waals surface area (Å²) >= 11 is 0. The first-order valence-electron chi connectivity index (χ1n) is 11.1. The van der Waals surface area contributed by atoms with E-state index in [2.05, 4.69) is 52.8 Å². The molecule has 164 valence electrons. The van der Waals surface area contributed by atoms with Gasteiger partial charge in [-0.05, 0) is 58.1 Å². The van der Waals surface area contributed by atoms with E-state index in [-0.39, 0.29) is 36.6 Å². The summed E-state index contributed by atoms with van der Waals surface area (Å²) < 4.78 is 18.2. The lowest BCUT2D eigenvalue weighted by Crippen LogP contribution is -2.41. The van der Waals surface area contributed by atoms with Gasteiger partial charge in [0.05, 0.1) is 17.2 Å². The minimum absolute atomic E-state index is 0.0738. The SMILES string of the molecule is Cc1cc([C@H](C)N2CCC(c3ccccc3)OC2=O)ccc1B1OC(C)(C)C(C)(C)O1. The number of carbonyl (C=O) groups excluding carboxylic acids is 1. The van der Waals surface area contributed by atoms with E-state index in [0.29, 0.717) is 6.54 Å². The summed E-state index contributed by atoms with van der Waals surface area (Å²) in [5.74, 6) is 0. The van der Waals surface area contributed by atoms with Crippen molar-refractivity contribution in [1.29, 1.82) is 0 Å². The van der Waals surface area contributed by atoms with Gasteiger partial charge in [0.15, 0.2) is 0 Å². The number of rotatable bonds is 4. The molecular weight excluding hydrogens is 389 g/mol. The van der Waals surface area contributed by atoms with Crippen molar-refractivity contribution in [3.05, 3.63) is 65.2 Å². The molecule has 2 fully saturated rings. The molecule has 2 aromatic rings. The van der Waals surface area contributed by atoms with Gasteiger partial charge >= 0.3 is 13.2 Å². The zero-order chi connectivity index (χ0) is 22.4. The summed E-state index contributed by atoms with van der Waals surface area (Å²) in [6.45, 7) is 13.0. The van der Waals surface area contributed by atoms with Crippen molar-refractivity contribution in [2.24, 2.45) is 0 Å². The highest BCUT2D eigenvalue weighted by molar-refractivity contribution is 6.62. The van der Waals surface area contributed by atoms with E-state index in [1.54, 1.807) is 0 Å². The molecule has 0 radical (unpaired) electrons. The fourth-order valence-corrected chi connectivity index (χ4v) is 4.22. The van der Waals surface area contributed by atoms with Gasteiger partial charge in [-0.3, -0.25) is 0 Å². The van der Waals surface area contributed by atoms with Crippen molar-refractivity contribution in [1.82, 2.24) is 4.90 Å². The van der Waals surface area contributed by atoms with Crippen LogP contribution < -0.4 is 5.46 Å². The summed E-state index contributed by atoms with van der Waals surface area (Å²) in [6, 6.07) is 16.1. The molecule has 0 saturated carbocycles. The largest absolute Gasteiger partial charge is 0.495 e. The van der Waals surface area contributed by atoms with Crippen LogP contribution in [0.4, 0.5) is 4.79 Å². The normalized spacial score (nSPS) is 23.5. The molecular formula is C25H32BNO4. The Hall–Kier alpha value is -2.31. The van der Waals surface area contributed by atoms with Gasteiger partial charge in [-0.2, -0.15) is 0 Å². The number of hydrogen-bond acceptors (Lipinski definition) is 4. The molecule has 5 nitrogen and oxygen atoms in total. The molecule has 0 aliphatic carbocycles. The van der Waals surface area contributed by atoms with E-state index < -0.39 is 0 Å². The summed E-state index contributed by atoms with van der Waals surface area (Å²) in [5, 5.41) is 0. The van der Waals surface area contributed by atoms with Crippen LogP contribution in [0.25, 0.3) is 0 Å². The Balaban J connectivity index is 1.47. The van der Waals surface area contributed by atoms with Crippen molar-refractivity contribution in [3.8, 4) is 0 Å². The van der Waals surface area contributed by atoms with Gasteiger partial charge in [-0.25, -0.2) is 4.79 Å². The van der Waals surface area contributed by atoms with Crippen LogP contribution in [0.2, 0.25) is 0 Å². The van der Waals surface area contributed by atoms with Gasteiger partial charge in [0, 0.05) is 13.0 Å². The first-order valence-corrected chi connectivity index (χ1v) is 11.1. The molecule has 4 rings (SSSR count). The predicted octanol–water partition coefficient (Wildman–Crippen LogP) is 4.94. The predicted molar refractivity (Wildman–Crippen MR) is 122 cm³/mol. The number of hydrogen-bond donors (Lipinski definition) is 0. The molecule has 2 aliphatic rings. The first kappa shape index (κ1) is 21.9. The second kappa shape index (κ2) is 7.99. The molecule has 1 amide bonds. The lowest BCUT2D eigenvalue weighted by atomic mass is 9.75. The Kier molecular flexibility index (Phi) is 5.65. The Labute approximate surface area is 185 Å². The Morgan fingerprint density at radius 2 is 1.68 bits per heavy atom. The van der Waals surface area contributed by atoms with E-state index in [1.807, 2.05) is 42.2 Å². The highest BCUT2D eigenvalue weighted by Gasteiger charge is 2.52. The van der Waals surface area contributed by atoms with Gasteiger partial charge in [-0.1, -0.05) is 54.1 Å². The van der Waals surface area contributed by atoms with Crippen molar-refractivity contribution >= 4 is 18.7 Å². The number of benzene rings is 2. The number of nitrogens with zero attached hydrogens (tertiary/aromatic N) is 1. The van der Waals surface area contributed by atoms with E-state index in [4.69, 9.17) is 14.0 Å². The minimum atomic E-state index is -0.388. The van der Waals surface area contributed by atoms with Gasteiger partial charge in [0.2, 0.25) is 0 Å². The van der Waals surface area contributed by atoms with Gasteiger partial charge in [-0.15, -0.1) is 0 Å². The number of carbonyl (C=O) groups is 1. The van der Waals surface area contributed by atoms with Crippen molar-refractivity contribution in [2.75, 3.05) is 6.54 Å². The Morgan fingerprint density at radius 1 is 1.03 bits per heavy atom. The fraction of sp³-hybridized carbons (Fsp3) is 0.480. The van der Waals surface area contributed by atoms with Crippen LogP contribution in [0.1, 0.15) is 69.9 Å². The van der Waals surface area contributed by atoms with Crippen LogP contribution in [-0.4, -0.2) is 35.9 Å². The molecule has 1 unspecified atom stereocenters. The summed E-state index contributed by atoms with van der Waals surface area (Å²) in [5.41, 5.74) is 3.50. The van der Waals surface area contributed by atoms with E-state index in [0.717, 1.165) is 28.6 Å². The Morgan fingerprint density at radius 3 is 2.26 bits per heavy atom. The first-order chi connectivity index (χ1) is 14.6. The second-order valence-corrected chi connectivity index (χ2v) is 9.65. The second-order valence-electron chi connectivity index (χ2n) is 9.65. The molecule has 2 heterocycles. The third-order valence-corrected chi connectivity index (χ3v) is 7.03. The van der Waals surface area contributed by atoms with Crippen molar-refractivity contribution in [3.63, 3.8) is 0 Å². The van der Waals surface area contributed by atoms with Crippen molar-refractivity contribution < 1.29 is 18.8 Å². The molecule has 31 heavy (non-hydrogen) atoms. The fourth-order valence-electron chi connectivity index (χ4n) is 4.22. The highest BCUT2D eigenvalue weighted by atomic mass is 16.7. The van der Waals surface area contributed by atoms with Crippen LogP contribution >= 0.6 is 0 Å². The zero-order valence-corrected chi connectivity index (χ0v) is 19.3. The van der Waals surface area contributed by atoms with E-state index in [1.165, 1.54) is 0 Å². The topological polar surface area (TPSA) is 48.0 Å². The molecule has 2 aliphatic heterocycles. The average Bonchev–Trinajstić information content (AvgIpc) is 2.94. The van der Waals surface area contributed by atoms with Crippen LogP contribution in [-0.2, 0) is 14.0 Å². The molecule has 0 spiro atoms. The maximum absolute atomic E-state index is 12.8. The molecule has 2 aromatic carbocycles. The molecule has 0 bridgehead atoms. The van der Waals surface area contributed by atoms with Crippen LogP contribution in [0, 0.1) is 6.92 Å². The quantitative estimate of drug-likeness (QED) is 0.657. The Bertz CT molecular complexity index is 943. The van der Waals surface area contributed by atoms with Crippen LogP contribution in [0.15, 0.2) is 48.5 Å². The summed E-state index contributed by atoms with van der Waals surface area (Å²) in [7, 11) is -0.388. The molecule has 6 heteroatoms. The van der Waals surface area contributed by atoms with E-state index in [9.17, 15) is 4.79 Å². The number of amides is 1. The van der Waals surface area contributed by atoms with Gasteiger partial charge in [0.1, 0.15) is 6.10 Å². The molecule has 0 aromatic heterocycles. The smallest absolute Gasteiger partial charge is 0.441 e. The molecule has 2 saturated heterocycles. The maximum Gasteiger partial charge on any atom is 0.495 e. The van der Waals surface area contributed by atoms with Crippen molar-refractivity contribution in [2.45, 2.75) is 71.3 Å². The van der Waals surface area contributed by atoms with Gasteiger partial charge < -0.3 is 18.9 Å². The third kappa shape index (κ3) is 4.11. The monoisotopic (exact) mass is 421 g/mol. The molecule has 0 N–H and O–H groups in total. The zero-order valence-electron chi connectivity index (χ0n) is 19.3. The summed E-state index contributed by atoms with van der Waals surface area (Å²) in [6.07, 6.45) is 0.343. The molecule has 2 atom stereocenters.